The van der Waals surface area contributed by atoms with Crippen molar-refractivity contribution in [1.29, 1.82) is 5.26 Å². The van der Waals surface area contributed by atoms with Crippen LogP contribution in [-0.4, -0.2) is 31.2 Å². The van der Waals surface area contributed by atoms with Crippen LogP contribution in [0.2, 0.25) is 0 Å². The molecule has 0 saturated carbocycles. The van der Waals surface area contributed by atoms with Gasteiger partial charge >= 0.3 is 0 Å². The number of hydrogen-bond donors (Lipinski definition) is 1. The van der Waals surface area contributed by atoms with Crippen molar-refractivity contribution in [1.82, 2.24) is 10.3 Å². The second-order valence-electron chi connectivity index (χ2n) is 4.55. The minimum atomic E-state index is 0.435. The summed E-state index contributed by atoms with van der Waals surface area (Å²) in [5.74, 6) is 0.807. The summed E-state index contributed by atoms with van der Waals surface area (Å²) in [6, 6.07) is 6.39. The van der Waals surface area contributed by atoms with Crippen LogP contribution in [0.3, 0.4) is 0 Å². The number of aromatic nitrogens is 1. The van der Waals surface area contributed by atoms with Crippen LogP contribution < -0.4 is 10.2 Å². The second kappa shape index (κ2) is 5.15. The molecule has 0 radical (unpaired) electrons. The molecule has 0 aliphatic carbocycles. The molecule has 17 heavy (non-hydrogen) atoms. The predicted molar refractivity (Wildman–Crippen MR) is 68.0 cm³/mol. The smallest absolute Gasteiger partial charge is 0.146 e. The highest BCUT2D eigenvalue weighted by Crippen LogP contribution is 2.21. The summed E-state index contributed by atoms with van der Waals surface area (Å²) in [5, 5.41) is 12.5. The first-order valence-electron chi connectivity index (χ1n) is 6.03. The SMILES string of the molecule is Cc1ccc(C#N)c(N(C)C2CCCNC2)n1. The van der Waals surface area contributed by atoms with Crippen molar-refractivity contribution in [3.63, 3.8) is 0 Å². The van der Waals surface area contributed by atoms with Gasteiger partial charge in [0.2, 0.25) is 0 Å². The first-order valence-corrected chi connectivity index (χ1v) is 6.03. The lowest BCUT2D eigenvalue weighted by Gasteiger charge is -2.33. The Labute approximate surface area is 102 Å². The van der Waals surface area contributed by atoms with Crippen LogP contribution in [0.5, 0.6) is 0 Å². The van der Waals surface area contributed by atoms with Gasteiger partial charge in [0, 0.05) is 25.3 Å². The van der Waals surface area contributed by atoms with Crippen LogP contribution in [0.25, 0.3) is 0 Å². The molecule has 2 heterocycles. The first-order chi connectivity index (χ1) is 8.22. The van der Waals surface area contributed by atoms with Crippen LogP contribution >= 0.6 is 0 Å². The number of nitrogens with one attached hydrogen (secondary N) is 1. The summed E-state index contributed by atoms with van der Waals surface area (Å²) in [5.41, 5.74) is 1.61. The third-order valence-corrected chi connectivity index (χ3v) is 3.29. The molecule has 4 nitrogen and oxygen atoms in total. The number of anilines is 1. The van der Waals surface area contributed by atoms with Crippen LogP contribution in [0.1, 0.15) is 24.1 Å². The van der Waals surface area contributed by atoms with Gasteiger partial charge in [0.15, 0.2) is 0 Å². The van der Waals surface area contributed by atoms with E-state index < -0.39 is 0 Å². The van der Waals surface area contributed by atoms with E-state index in [-0.39, 0.29) is 0 Å². The van der Waals surface area contributed by atoms with E-state index in [1.165, 1.54) is 6.42 Å². The van der Waals surface area contributed by atoms with Gasteiger partial charge in [0.25, 0.3) is 0 Å². The molecule has 0 bridgehead atoms. The monoisotopic (exact) mass is 230 g/mol. The zero-order valence-corrected chi connectivity index (χ0v) is 10.4. The van der Waals surface area contributed by atoms with Crippen molar-refractivity contribution in [2.24, 2.45) is 0 Å². The van der Waals surface area contributed by atoms with Crippen LogP contribution in [-0.2, 0) is 0 Å². The van der Waals surface area contributed by atoms with Crippen LogP contribution in [0, 0.1) is 18.3 Å². The predicted octanol–water partition coefficient (Wildman–Crippen LogP) is 1.45. The van der Waals surface area contributed by atoms with Gasteiger partial charge in [-0.2, -0.15) is 5.26 Å². The number of nitrogens with zero attached hydrogens (tertiary/aromatic N) is 3. The lowest BCUT2D eigenvalue weighted by molar-refractivity contribution is 0.443. The highest BCUT2D eigenvalue weighted by molar-refractivity contribution is 5.54. The lowest BCUT2D eigenvalue weighted by atomic mass is 10.1. The number of nitriles is 1. The van der Waals surface area contributed by atoms with Crippen molar-refractivity contribution in [2.75, 3.05) is 25.0 Å². The highest BCUT2D eigenvalue weighted by atomic mass is 15.2. The molecule has 4 heteroatoms. The van der Waals surface area contributed by atoms with Gasteiger partial charge in [-0.25, -0.2) is 4.98 Å². The van der Waals surface area contributed by atoms with E-state index >= 15 is 0 Å². The number of hydrogen-bond acceptors (Lipinski definition) is 4. The Balaban J connectivity index is 2.25. The fraction of sp³-hybridized carbons (Fsp3) is 0.538. The molecule has 1 fully saturated rings. The molecule has 0 aromatic carbocycles. The summed E-state index contributed by atoms with van der Waals surface area (Å²) in [6.45, 7) is 4.02. The Morgan fingerprint density at radius 1 is 1.53 bits per heavy atom. The molecule has 1 atom stereocenters. The third-order valence-electron chi connectivity index (χ3n) is 3.29. The maximum Gasteiger partial charge on any atom is 0.146 e. The summed E-state index contributed by atoms with van der Waals surface area (Å²) in [4.78, 5) is 6.63. The molecular weight excluding hydrogens is 212 g/mol. The molecule has 1 N–H and O–H groups in total. The van der Waals surface area contributed by atoms with Gasteiger partial charge in [-0.1, -0.05) is 0 Å². The Kier molecular flexibility index (Phi) is 3.60. The lowest BCUT2D eigenvalue weighted by Crippen LogP contribution is -2.44. The molecule has 2 rings (SSSR count). The Hall–Kier alpha value is -1.60. The molecule has 0 amide bonds. The molecule has 1 aliphatic rings. The van der Waals surface area contributed by atoms with E-state index in [0.29, 0.717) is 11.6 Å². The van der Waals surface area contributed by atoms with Crippen molar-refractivity contribution in [3.8, 4) is 6.07 Å². The Bertz CT molecular complexity index is 430. The quantitative estimate of drug-likeness (QED) is 0.835. The van der Waals surface area contributed by atoms with E-state index in [1.54, 1.807) is 0 Å². The van der Waals surface area contributed by atoms with E-state index in [9.17, 15) is 0 Å². The number of piperidine rings is 1. The van der Waals surface area contributed by atoms with Gasteiger partial charge < -0.3 is 10.2 Å². The third kappa shape index (κ3) is 2.56. The van der Waals surface area contributed by atoms with E-state index in [2.05, 4.69) is 21.3 Å². The largest absolute Gasteiger partial charge is 0.354 e. The van der Waals surface area contributed by atoms with Crippen LogP contribution in [0.15, 0.2) is 12.1 Å². The van der Waals surface area contributed by atoms with Crippen molar-refractivity contribution in [2.45, 2.75) is 25.8 Å². The summed E-state index contributed by atoms with van der Waals surface area (Å²) in [6.07, 6.45) is 2.34. The topological polar surface area (TPSA) is 52.0 Å². The fourth-order valence-corrected chi connectivity index (χ4v) is 2.24. The number of pyridine rings is 1. The van der Waals surface area contributed by atoms with E-state index in [1.807, 2.05) is 26.1 Å². The molecular formula is C13H18N4. The van der Waals surface area contributed by atoms with Gasteiger partial charge in [-0.3, -0.25) is 0 Å². The van der Waals surface area contributed by atoms with Crippen molar-refractivity contribution < 1.29 is 0 Å². The summed E-state index contributed by atoms with van der Waals surface area (Å²) < 4.78 is 0. The maximum absolute atomic E-state index is 9.12. The minimum Gasteiger partial charge on any atom is -0.354 e. The van der Waals surface area contributed by atoms with Crippen LogP contribution in [0.4, 0.5) is 5.82 Å². The average molecular weight is 230 g/mol. The van der Waals surface area contributed by atoms with Gasteiger partial charge in [-0.05, 0) is 38.4 Å². The minimum absolute atomic E-state index is 0.435. The zero-order valence-electron chi connectivity index (χ0n) is 10.4. The Morgan fingerprint density at radius 3 is 3.00 bits per heavy atom. The molecule has 1 aliphatic heterocycles. The fourth-order valence-electron chi connectivity index (χ4n) is 2.24. The maximum atomic E-state index is 9.12. The number of rotatable bonds is 2. The second-order valence-corrected chi connectivity index (χ2v) is 4.55. The van der Waals surface area contributed by atoms with E-state index in [4.69, 9.17) is 5.26 Å². The van der Waals surface area contributed by atoms with E-state index in [0.717, 1.165) is 31.0 Å². The number of likely N-dealkylation sites (N-methyl/N-ethyl adjacent to an activating group) is 1. The molecule has 90 valence electrons. The van der Waals surface area contributed by atoms with Crippen molar-refractivity contribution in [3.05, 3.63) is 23.4 Å². The summed E-state index contributed by atoms with van der Waals surface area (Å²) in [7, 11) is 2.03. The highest BCUT2D eigenvalue weighted by Gasteiger charge is 2.21. The molecule has 1 aromatic heterocycles. The molecule has 1 unspecified atom stereocenters. The first kappa shape index (κ1) is 11.9. The standard InChI is InChI=1S/C13H18N4/c1-10-5-6-11(8-14)13(16-10)17(2)12-4-3-7-15-9-12/h5-6,12,15H,3-4,7,9H2,1-2H3. The number of aryl methyl sites for hydroxylation is 1. The molecule has 1 aromatic rings. The zero-order chi connectivity index (χ0) is 12.3. The average Bonchev–Trinajstić information content (AvgIpc) is 2.39. The molecule has 0 spiro atoms. The Morgan fingerprint density at radius 2 is 2.35 bits per heavy atom. The van der Waals surface area contributed by atoms with Gasteiger partial charge in [-0.15, -0.1) is 0 Å². The normalized spacial score (nSPS) is 19.7. The van der Waals surface area contributed by atoms with Gasteiger partial charge in [0.1, 0.15) is 11.9 Å². The summed E-state index contributed by atoms with van der Waals surface area (Å²) >= 11 is 0. The van der Waals surface area contributed by atoms with Crippen molar-refractivity contribution >= 4 is 5.82 Å². The van der Waals surface area contributed by atoms with Gasteiger partial charge in [0.05, 0.1) is 5.56 Å². The molecule has 1 saturated heterocycles.